The third kappa shape index (κ3) is 6.20. The highest BCUT2D eigenvalue weighted by atomic mass is 35.5. The van der Waals surface area contributed by atoms with Crippen LogP contribution in [0.3, 0.4) is 0 Å². The van der Waals surface area contributed by atoms with Crippen molar-refractivity contribution in [1.29, 1.82) is 0 Å². The van der Waals surface area contributed by atoms with Gasteiger partial charge in [-0.2, -0.15) is 13.2 Å². The molecule has 1 aliphatic rings. The molecule has 0 N–H and O–H groups in total. The zero-order valence-electron chi connectivity index (χ0n) is 15.1. The Balaban J connectivity index is 1.54. The van der Waals surface area contributed by atoms with Crippen LogP contribution in [0.4, 0.5) is 13.2 Å². The maximum atomic E-state index is 12.6. The molecule has 2 aromatic heterocycles. The molecule has 11 heteroatoms. The number of carbonyl (C=O) groups is 1. The minimum Gasteiger partial charge on any atom is -0.488 e. The van der Waals surface area contributed by atoms with E-state index >= 15 is 0 Å². The van der Waals surface area contributed by atoms with Crippen LogP contribution in [0.2, 0.25) is 5.15 Å². The van der Waals surface area contributed by atoms with Gasteiger partial charge in [0.2, 0.25) is 5.88 Å². The number of amides is 1. The topological polar surface area (TPSA) is 73.8 Å². The van der Waals surface area contributed by atoms with Gasteiger partial charge in [-0.3, -0.25) is 4.79 Å². The minimum atomic E-state index is -4.46. The summed E-state index contributed by atoms with van der Waals surface area (Å²) in [5.74, 6) is -0.104. The average Bonchev–Trinajstić information content (AvgIpc) is 2.71. The summed E-state index contributed by atoms with van der Waals surface area (Å²) in [5, 5.41) is 0.232. The van der Waals surface area contributed by atoms with E-state index in [4.69, 9.17) is 21.1 Å². The third-order valence-electron chi connectivity index (χ3n) is 3.94. The molecule has 0 bridgehead atoms. The van der Waals surface area contributed by atoms with Gasteiger partial charge in [-0.15, -0.1) is 0 Å². The van der Waals surface area contributed by atoms with Gasteiger partial charge in [-0.1, -0.05) is 11.6 Å². The molecule has 0 aliphatic carbocycles. The Kier molecular flexibility index (Phi) is 6.75. The number of halogens is 4. The molecule has 1 aliphatic heterocycles. The molecule has 0 radical (unpaired) electrons. The van der Waals surface area contributed by atoms with E-state index in [9.17, 15) is 18.0 Å². The van der Waals surface area contributed by atoms with Gasteiger partial charge in [0.25, 0.3) is 5.91 Å². The second-order valence-corrected chi connectivity index (χ2v) is 6.49. The maximum absolute atomic E-state index is 12.6. The Morgan fingerprint density at radius 2 is 2.10 bits per heavy atom. The van der Waals surface area contributed by atoms with Gasteiger partial charge in [0.05, 0.1) is 18.7 Å². The highest BCUT2D eigenvalue weighted by molar-refractivity contribution is 6.30. The first-order chi connectivity index (χ1) is 13.8. The number of alkyl halides is 3. The number of hydrogen-bond acceptors (Lipinski definition) is 6. The molecule has 1 atom stereocenters. The second-order valence-electron chi connectivity index (χ2n) is 6.14. The maximum Gasteiger partial charge on any atom is 0.422 e. The Morgan fingerprint density at radius 1 is 1.28 bits per heavy atom. The van der Waals surface area contributed by atoms with Crippen LogP contribution in [0.1, 0.15) is 10.4 Å². The van der Waals surface area contributed by atoms with Gasteiger partial charge in [0.15, 0.2) is 17.5 Å². The second kappa shape index (κ2) is 9.27. The van der Waals surface area contributed by atoms with E-state index in [-0.39, 0.29) is 41.8 Å². The Hall–Kier alpha value is -2.59. The summed E-state index contributed by atoms with van der Waals surface area (Å²) in [6.45, 7) is -0.295. The van der Waals surface area contributed by atoms with Crippen molar-refractivity contribution in [3.8, 4) is 11.6 Å². The lowest BCUT2D eigenvalue weighted by molar-refractivity contribution is -0.154. The van der Waals surface area contributed by atoms with Gasteiger partial charge >= 0.3 is 6.18 Å². The predicted octanol–water partition coefficient (Wildman–Crippen LogP) is 2.99. The lowest BCUT2D eigenvalue weighted by Crippen LogP contribution is -2.47. The zero-order valence-corrected chi connectivity index (χ0v) is 15.8. The van der Waals surface area contributed by atoms with Crippen LogP contribution in [-0.4, -0.2) is 66.0 Å². The van der Waals surface area contributed by atoms with E-state index in [2.05, 4.69) is 14.7 Å². The van der Waals surface area contributed by atoms with E-state index < -0.39 is 12.8 Å². The van der Waals surface area contributed by atoms with Crippen LogP contribution >= 0.6 is 11.6 Å². The van der Waals surface area contributed by atoms with Crippen molar-refractivity contribution >= 4 is 17.5 Å². The van der Waals surface area contributed by atoms with Crippen LogP contribution in [0.25, 0.3) is 0 Å². The summed E-state index contributed by atoms with van der Waals surface area (Å²) < 4.78 is 52.3. The van der Waals surface area contributed by atoms with E-state index in [1.807, 2.05) is 0 Å². The van der Waals surface area contributed by atoms with Crippen molar-refractivity contribution in [2.24, 2.45) is 0 Å². The molecule has 3 heterocycles. The highest BCUT2D eigenvalue weighted by Gasteiger charge is 2.29. The SMILES string of the molecule is O=C(c1ccc(OCC(F)(F)F)nc1)N1CCOC(COc2cccnc2Cl)C1. The number of pyridine rings is 2. The lowest BCUT2D eigenvalue weighted by atomic mass is 10.2. The quantitative estimate of drug-likeness (QED) is 0.655. The predicted molar refractivity (Wildman–Crippen MR) is 96.2 cm³/mol. The molecule has 1 saturated heterocycles. The molecule has 0 aromatic carbocycles. The molecule has 156 valence electrons. The highest BCUT2D eigenvalue weighted by Crippen LogP contribution is 2.21. The summed E-state index contributed by atoms with van der Waals surface area (Å²) in [6, 6.07) is 5.96. The van der Waals surface area contributed by atoms with Crippen molar-refractivity contribution < 1.29 is 32.2 Å². The molecule has 1 fully saturated rings. The first-order valence-electron chi connectivity index (χ1n) is 8.61. The summed E-state index contributed by atoms with van der Waals surface area (Å²) >= 11 is 5.94. The number of nitrogens with zero attached hydrogens (tertiary/aromatic N) is 3. The normalized spacial score (nSPS) is 17.1. The summed E-state index contributed by atoms with van der Waals surface area (Å²) in [5.41, 5.74) is 0.237. The third-order valence-corrected chi connectivity index (χ3v) is 4.23. The average molecular weight is 432 g/mol. The molecule has 1 unspecified atom stereocenters. The number of ether oxygens (including phenoxy) is 3. The molecule has 3 rings (SSSR count). The summed E-state index contributed by atoms with van der Waals surface area (Å²) in [7, 11) is 0. The first kappa shape index (κ1) is 21.1. The van der Waals surface area contributed by atoms with Crippen molar-refractivity contribution in [2.75, 3.05) is 32.9 Å². The van der Waals surface area contributed by atoms with Crippen molar-refractivity contribution in [1.82, 2.24) is 14.9 Å². The number of morpholine rings is 1. The summed E-state index contributed by atoms with van der Waals surface area (Å²) in [4.78, 5) is 21.9. The Labute approximate surface area is 169 Å². The fourth-order valence-corrected chi connectivity index (χ4v) is 2.77. The van der Waals surface area contributed by atoms with E-state index in [1.54, 1.807) is 23.2 Å². The van der Waals surface area contributed by atoms with Gasteiger partial charge in [-0.25, -0.2) is 9.97 Å². The fraction of sp³-hybridized carbons (Fsp3) is 0.389. The zero-order chi connectivity index (χ0) is 20.9. The lowest BCUT2D eigenvalue weighted by Gasteiger charge is -2.32. The molecule has 2 aromatic rings. The molecular formula is C18H17ClF3N3O4. The molecule has 29 heavy (non-hydrogen) atoms. The van der Waals surface area contributed by atoms with Gasteiger partial charge in [-0.05, 0) is 18.2 Å². The van der Waals surface area contributed by atoms with E-state index in [0.29, 0.717) is 18.9 Å². The molecule has 7 nitrogen and oxygen atoms in total. The van der Waals surface area contributed by atoms with Crippen LogP contribution in [0.15, 0.2) is 36.7 Å². The fourth-order valence-electron chi connectivity index (χ4n) is 2.60. The molecular weight excluding hydrogens is 415 g/mol. The monoisotopic (exact) mass is 431 g/mol. The standard InChI is InChI=1S/C18H17ClF3N3O4/c19-16-14(2-1-5-23-16)28-10-13-9-25(6-7-27-13)17(26)12-3-4-15(24-8-12)29-11-18(20,21)22/h1-5,8,13H,6-7,9-11H2. The van der Waals surface area contributed by atoms with Crippen LogP contribution in [-0.2, 0) is 4.74 Å². The van der Waals surface area contributed by atoms with Gasteiger partial charge < -0.3 is 19.1 Å². The van der Waals surface area contributed by atoms with Crippen LogP contribution in [0.5, 0.6) is 11.6 Å². The Morgan fingerprint density at radius 3 is 2.79 bits per heavy atom. The van der Waals surface area contributed by atoms with Crippen molar-refractivity contribution in [3.05, 3.63) is 47.4 Å². The molecule has 0 spiro atoms. The first-order valence-corrected chi connectivity index (χ1v) is 8.99. The minimum absolute atomic E-state index is 0.178. The number of aromatic nitrogens is 2. The Bertz CT molecular complexity index is 836. The number of rotatable bonds is 6. The van der Waals surface area contributed by atoms with Gasteiger partial charge in [0.1, 0.15) is 12.7 Å². The smallest absolute Gasteiger partial charge is 0.422 e. The van der Waals surface area contributed by atoms with Crippen LogP contribution in [0, 0.1) is 0 Å². The summed E-state index contributed by atoms with van der Waals surface area (Å²) in [6.07, 6.45) is -2.10. The molecule has 0 saturated carbocycles. The van der Waals surface area contributed by atoms with E-state index in [1.165, 1.54) is 18.3 Å². The van der Waals surface area contributed by atoms with Crippen molar-refractivity contribution in [2.45, 2.75) is 12.3 Å². The van der Waals surface area contributed by atoms with Crippen molar-refractivity contribution in [3.63, 3.8) is 0 Å². The molecule has 1 amide bonds. The van der Waals surface area contributed by atoms with E-state index in [0.717, 1.165) is 0 Å². The largest absolute Gasteiger partial charge is 0.488 e. The van der Waals surface area contributed by atoms with Crippen LogP contribution < -0.4 is 9.47 Å². The number of hydrogen-bond donors (Lipinski definition) is 0. The number of carbonyl (C=O) groups excluding carboxylic acids is 1. The van der Waals surface area contributed by atoms with Gasteiger partial charge in [0, 0.05) is 25.0 Å².